The Bertz CT molecular complexity index is 2030. The standard InChI is InChI=1S/C50H62N6O4/c1-49(2,48(58)52-32-37-60-36-31-51-43-21-23-44(24-22-43)53-54-45-25-27-46(28-26-45)55(3)4)39-19-17-38(18-20-39)47(57)16-11-33-56-34-29-42(30-35-56)50(59,40-12-7-5-8-13-40)41-14-9-6-10-15-41/h5-10,12-15,17-28,42,47,51,57,59H,11,16,29-37H2,1-4H3,(H,52,58)/b54-53+. The molecule has 10 heteroatoms. The van der Waals surface area contributed by atoms with E-state index in [0.29, 0.717) is 32.7 Å². The Kier molecular flexibility index (Phi) is 15.6. The van der Waals surface area contributed by atoms with Gasteiger partial charge in [0.15, 0.2) is 0 Å². The van der Waals surface area contributed by atoms with Crippen LogP contribution in [-0.4, -0.2) is 81.1 Å². The van der Waals surface area contributed by atoms with Crippen LogP contribution in [0.2, 0.25) is 0 Å². The first-order chi connectivity index (χ1) is 29.0. The fraction of sp³-hybridized carbons (Fsp3) is 0.380. The zero-order chi connectivity index (χ0) is 42.4. The van der Waals surface area contributed by atoms with Gasteiger partial charge in [-0.3, -0.25) is 4.79 Å². The van der Waals surface area contributed by atoms with E-state index in [1.807, 2.05) is 166 Å². The molecule has 1 aliphatic heterocycles. The van der Waals surface area contributed by atoms with Crippen LogP contribution in [0.1, 0.15) is 67.9 Å². The normalized spacial score (nSPS) is 14.6. The lowest BCUT2D eigenvalue weighted by atomic mass is 9.72. The Balaban J connectivity index is 0.855. The van der Waals surface area contributed by atoms with Crippen LogP contribution in [0, 0.1) is 5.92 Å². The van der Waals surface area contributed by atoms with Gasteiger partial charge >= 0.3 is 0 Å². The van der Waals surface area contributed by atoms with E-state index in [9.17, 15) is 15.0 Å². The lowest BCUT2D eigenvalue weighted by Crippen LogP contribution is -2.44. The highest BCUT2D eigenvalue weighted by Crippen LogP contribution is 2.42. The molecule has 0 spiro atoms. The first-order valence-corrected chi connectivity index (χ1v) is 21.3. The minimum absolute atomic E-state index is 0.0740. The largest absolute Gasteiger partial charge is 0.388 e. The minimum atomic E-state index is -1.02. The van der Waals surface area contributed by atoms with E-state index in [1.54, 1.807) is 0 Å². The fourth-order valence-electron chi connectivity index (χ4n) is 7.93. The number of benzene rings is 5. The van der Waals surface area contributed by atoms with Crippen LogP contribution in [0.25, 0.3) is 0 Å². The van der Waals surface area contributed by atoms with Crippen LogP contribution in [0.15, 0.2) is 144 Å². The molecule has 1 amide bonds. The Morgan fingerprint density at radius 3 is 1.88 bits per heavy atom. The number of hydrogen-bond donors (Lipinski definition) is 4. The highest BCUT2D eigenvalue weighted by atomic mass is 16.5. The summed E-state index contributed by atoms with van der Waals surface area (Å²) >= 11 is 0. The summed E-state index contributed by atoms with van der Waals surface area (Å²) in [5, 5.41) is 38.3. The van der Waals surface area contributed by atoms with E-state index in [0.717, 1.165) is 83.9 Å². The van der Waals surface area contributed by atoms with Crippen molar-refractivity contribution in [1.82, 2.24) is 10.2 Å². The molecule has 0 aliphatic carbocycles. The molecule has 1 saturated heterocycles. The molecule has 0 saturated carbocycles. The van der Waals surface area contributed by atoms with Gasteiger partial charge in [0.05, 0.1) is 36.1 Å². The number of carbonyl (C=O) groups is 1. The van der Waals surface area contributed by atoms with Gasteiger partial charge in [-0.15, -0.1) is 0 Å². The van der Waals surface area contributed by atoms with Crippen LogP contribution < -0.4 is 15.5 Å². The number of nitrogens with zero attached hydrogens (tertiary/aromatic N) is 4. The summed E-state index contributed by atoms with van der Waals surface area (Å²) < 4.78 is 5.77. The molecule has 6 rings (SSSR count). The maximum absolute atomic E-state index is 13.2. The van der Waals surface area contributed by atoms with E-state index < -0.39 is 17.1 Å². The molecular weight excluding hydrogens is 749 g/mol. The van der Waals surface area contributed by atoms with Crippen LogP contribution in [0.4, 0.5) is 22.7 Å². The molecule has 5 aromatic rings. The third-order valence-electron chi connectivity index (χ3n) is 11.8. The number of nitrogens with one attached hydrogen (secondary N) is 2. The quantitative estimate of drug-likeness (QED) is 0.0457. The number of azo groups is 1. The predicted octanol–water partition coefficient (Wildman–Crippen LogP) is 9.15. The monoisotopic (exact) mass is 810 g/mol. The van der Waals surface area contributed by atoms with E-state index in [4.69, 9.17) is 4.74 Å². The SMILES string of the molecule is CN(C)c1ccc(/N=N/c2ccc(NCCOCCNC(=O)C(C)(C)c3ccc(C(O)CCCN4CCC(C(O)(c5ccccc5)c5ccccc5)CC4)cc3)cc2)cc1. The number of carbonyl (C=O) groups excluding carboxylic acids is 1. The van der Waals surface area contributed by atoms with Gasteiger partial charge in [-0.1, -0.05) is 84.9 Å². The lowest BCUT2D eigenvalue weighted by molar-refractivity contribution is -0.125. The number of rotatable bonds is 20. The number of aliphatic hydroxyl groups is 2. The minimum Gasteiger partial charge on any atom is -0.388 e. The summed E-state index contributed by atoms with van der Waals surface area (Å²) in [6, 6.07) is 43.6. The number of ether oxygens (including phenoxy) is 1. The Morgan fingerprint density at radius 2 is 1.32 bits per heavy atom. The van der Waals surface area contributed by atoms with Gasteiger partial charge in [0.25, 0.3) is 0 Å². The van der Waals surface area contributed by atoms with Gasteiger partial charge in [-0.05, 0) is 136 Å². The van der Waals surface area contributed by atoms with Crippen molar-refractivity contribution in [3.8, 4) is 0 Å². The average Bonchev–Trinajstić information content (AvgIpc) is 3.29. The van der Waals surface area contributed by atoms with Crippen molar-refractivity contribution in [2.24, 2.45) is 16.1 Å². The second kappa shape index (κ2) is 21.2. The average molecular weight is 811 g/mol. The van der Waals surface area contributed by atoms with Crippen LogP contribution in [0.3, 0.4) is 0 Å². The molecule has 0 bridgehead atoms. The highest BCUT2D eigenvalue weighted by molar-refractivity contribution is 5.87. The summed E-state index contributed by atoms with van der Waals surface area (Å²) in [5.41, 5.74) is 5.52. The van der Waals surface area contributed by atoms with Crippen LogP contribution in [0.5, 0.6) is 0 Å². The van der Waals surface area contributed by atoms with Gasteiger partial charge in [0.2, 0.25) is 5.91 Å². The Morgan fingerprint density at radius 1 is 0.767 bits per heavy atom. The number of likely N-dealkylation sites (tertiary alicyclic amines) is 1. The van der Waals surface area contributed by atoms with Crippen molar-refractivity contribution in [1.29, 1.82) is 0 Å². The fourth-order valence-corrected chi connectivity index (χ4v) is 7.93. The van der Waals surface area contributed by atoms with Crippen LogP contribution in [-0.2, 0) is 20.5 Å². The molecular formula is C50H62N6O4. The summed E-state index contributed by atoms with van der Waals surface area (Å²) in [5.74, 6) is 0.0457. The molecule has 5 aromatic carbocycles. The zero-order valence-electron chi connectivity index (χ0n) is 35.6. The smallest absolute Gasteiger partial charge is 0.230 e. The van der Waals surface area contributed by atoms with E-state index >= 15 is 0 Å². The maximum Gasteiger partial charge on any atom is 0.230 e. The molecule has 4 N–H and O–H groups in total. The Labute approximate surface area is 356 Å². The van der Waals surface area contributed by atoms with Crippen molar-refractivity contribution in [3.05, 3.63) is 156 Å². The number of anilines is 2. The first-order valence-electron chi connectivity index (χ1n) is 21.3. The van der Waals surface area contributed by atoms with E-state index in [2.05, 4.69) is 25.8 Å². The lowest BCUT2D eigenvalue weighted by Gasteiger charge is -2.42. The molecule has 0 aromatic heterocycles. The van der Waals surface area contributed by atoms with E-state index in [-0.39, 0.29) is 11.8 Å². The van der Waals surface area contributed by atoms with Crippen molar-refractivity contribution in [2.75, 3.05) is 70.2 Å². The van der Waals surface area contributed by atoms with Crippen molar-refractivity contribution in [3.63, 3.8) is 0 Å². The van der Waals surface area contributed by atoms with Gasteiger partial charge in [0, 0.05) is 38.6 Å². The highest BCUT2D eigenvalue weighted by Gasteiger charge is 2.41. The predicted molar refractivity (Wildman–Crippen MR) is 242 cm³/mol. The topological polar surface area (TPSA) is 122 Å². The van der Waals surface area contributed by atoms with Crippen molar-refractivity contribution >= 4 is 28.7 Å². The number of hydrogen-bond acceptors (Lipinski definition) is 9. The summed E-state index contributed by atoms with van der Waals surface area (Å²) in [7, 11) is 4.01. The third-order valence-corrected chi connectivity index (χ3v) is 11.8. The number of amides is 1. The zero-order valence-corrected chi connectivity index (χ0v) is 35.6. The Hall–Kier alpha value is -5.39. The summed E-state index contributed by atoms with van der Waals surface area (Å²) in [6.45, 7) is 8.51. The molecule has 1 fully saturated rings. The van der Waals surface area contributed by atoms with Gasteiger partial charge in [-0.2, -0.15) is 10.2 Å². The molecule has 316 valence electrons. The second-order valence-corrected chi connectivity index (χ2v) is 16.5. The molecule has 1 aliphatic rings. The number of aliphatic hydroxyl groups excluding tert-OH is 1. The molecule has 1 heterocycles. The molecule has 1 unspecified atom stereocenters. The summed E-state index contributed by atoms with van der Waals surface area (Å²) in [6.07, 6.45) is 2.75. The van der Waals surface area contributed by atoms with Gasteiger partial charge in [0.1, 0.15) is 5.60 Å². The van der Waals surface area contributed by atoms with Crippen LogP contribution >= 0.6 is 0 Å². The molecule has 10 nitrogen and oxygen atoms in total. The van der Waals surface area contributed by atoms with E-state index in [1.165, 1.54) is 0 Å². The van der Waals surface area contributed by atoms with Crippen molar-refractivity contribution in [2.45, 2.75) is 56.7 Å². The number of piperidine rings is 1. The molecule has 60 heavy (non-hydrogen) atoms. The molecule has 0 radical (unpaired) electrons. The second-order valence-electron chi connectivity index (χ2n) is 16.5. The molecule has 1 atom stereocenters. The van der Waals surface area contributed by atoms with Gasteiger partial charge < -0.3 is 35.4 Å². The first kappa shape index (κ1) is 44.2. The van der Waals surface area contributed by atoms with Gasteiger partial charge in [-0.25, -0.2) is 0 Å². The third kappa shape index (κ3) is 11.7. The van der Waals surface area contributed by atoms with Crippen molar-refractivity contribution < 1.29 is 19.7 Å². The maximum atomic E-state index is 13.2. The summed E-state index contributed by atoms with van der Waals surface area (Å²) in [4.78, 5) is 17.7.